The summed E-state index contributed by atoms with van der Waals surface area (Å²) in [7, 11) is 2.41. The van der Waals surface area contributed by atoms with Crippen LogP contribution in [-0.4, -0.2) is 85.0 Å². The van der Waals surface area contributed by atoms with E-state index in [0.29, 0.717) is 48.5 Å². The largest absolute Gasteiger partial charge is 0.416 e. The summed E-state index contributed by atoms with van der Waals surface area (Å²) < 4.78 is 94.4. The zero-order chi connectivity index (χ0) is 32.6. The van der Waals surface area contributed by atoms with Crippen molar-refractivity contribution >= 4 is 23.7 Å². The number of nitrogens with zero attached hydrogens (tertiary/aromatic N) is 4. The predicted molar refractivity (Wildman–Crippen MR) is 146 cm³/mol. The van der Waals surface area contributed by atoms with Crippen LogP contribution >= 0.6 is 0 Å². The Labute approximate surface area is 249 Å². The minimum Gasteiger partial charge on any atom is -0.343 e. The van der Waals surface area contributed by atoms with Gasteiger partial charge in [-0.3, -0.25) is 9.69 Å². The third-order valence-electron chi connectivity index (χ3n) is 8.19. The number of alkyl halides is 6. The normalized spacial score (nSPS) is 19.6. The molecule has 8 nitrogen and oxygen atoms in total. The summed E-state index contributed by atoms with van der Waals surface area (Å²) in [4.78, 5) is 43.4. The molecule has 240 valence electrons. The lowest BCUT2D eigenvalue weighted by molar-refractivity contribution is -0.143. The highest BCUT2D eigenvalue weighted by Gasteiger charge is 2.42. The maximum atomic E-state index is 13.7. The SMILES string of the molecule is CC(=O)N1CCC(NC(=O)N2CC(c3ccc(F)cc3)C(N(C)C(=O)N(C)c3cc(C(F)(F)F)cc(C(F)(F)F)c3)C2)CC1. The van der Waals surface area contributed by atoms with Crippen molar-refractivity contribution in [2.45, 2.75) is 50.1 Å². The van der Waals surface area contributed by atoms with Gasteiger partial charge in [-0.25, -0.2) is 14.0 Å². The van der Waals surface area contributed by atoms with Gasteiger partial charge in [-0.15, -0.1) is 0 Å². The summed E-state index contributed by atoms with van der Waals surface area (Å²) in [6, 6.07) is 4.04. The molecular formula is C29H32F7N5O3. The summed E-state index contributed by atoms with van der Waals surface area (Å²) >= 11 is 0. The predicted octanol–water partition coefficient (Wildman–Crippen LogP) is 5.54. The Balaban J connectivity index is 1.57. The number of piperidine rings is 1. The number of carbonyl (C=O) groups excluding carboxylic acids is 3. The monoisotopic (exact) mass is 631 g/mol. The molecule has 0 radical (unpaired) electrons. The molecule has 2 unspecified atom stereocenters. The number of nitrogens with one attached hydrogen (secondary N) is 1. The van der Waals surface area contributed by atoms with Gasteiger partial charge in [0.2, 0.25) is 5.91 Å². The van der Waals surface area contributed by atoms with E-state index in [9.17, 15) is 45.1 Å². The van der Waals surface area contributed by atoms with E-state index in [0.717, 1.165) is 7.05 Å². The van der Waals surface area contributed by atoms with Crippen molar-refractivity contribution in [3.63, 3.8) is 0 Å². The van der Waals surface area contributed by atoms with Gasteiger partial charge in [-0.05, 0) is 48.7 Å². The molecule has 2 aromatic rings. The molecule has 0 bridgehead atoms. The maximum absolute atomic E-state index is 13.7. The third-order valence-corrected chi connectivity index (χ3v) is 8.19. The average molecular weight is 632 g/mol. The van der Waals surface area contributed by atoms with E-state index in [-0.39, 0.29) is 31.1 Å². The van der Waals surface area contributed by atoms with Crippen LogP contribution in [0.4, 0.5) is 46.0 Å². The second-order valence-corrected chi connectivity index (χ2v) is 11.1. The lowest BCUT2D eigenvalue weighted by Crippen LogP contribution is -2.50. The van der Waals surface area contributed by atoms with Crippen molar-refractivity contribution in [2.75, 3.05) is 45.2 Å². The number of hydrogen-bond acceptors (Lipinski definition) is 3. The van der Waals surface area contributed by atoms with Crippen molar-refractivity contribution in [3.8, 4) is 0 Å². The van der Waals surface area contributed by atoms with Gasteiger partial charge in [-0.2, -0.15) is 26.3 Å². The molecule has 2 fully saturated rings. The lowest BCUT2D eigenvalue weighted by Gasteiger charge is -2.33. The molecule has 4 rings (SSSR count). The number of urea groups is 2. The first-order valence-electron chi connectivity index (χ1n) is 13.8. The molecule has 2 saturated heterocycles. The Kier molecular flexibility index (Phi) is 9.35. The lowest BCUT2D eigenvalue weighted by atomic mass is 9.93. The number of amides is 5. The van der Waals surface area contributed by atoms with Gasteiger partial charge >= 0.3 is 24.4 Å². The van der Waals surface area contributed by atoms with Crippen molar-refractivity contribution in [1.29, 1.82) is 0 Å². The van der Waals surface area contributed by atoms with Crippen LogP contribution in [0.5, 0.6) is 0 Å². The number of halogens is 7. The first kappa shape index (κ1) is 32.9. The van der Waals surface area contributed by atoms with Crippen LogP contribution in [0.1, 0.15) is 42.4 Å². The van der Waals surface area contributed by atoms with E-state index >= 15 is 0 Å². The number of anilines is 1. The smallest absolute Gasteiger partial charge is 0.343 e. The van der Waals surface area contributed by atoms with Crippen LogP contribution in [0, 0.1) is 5.82 Å². The number of carbonyl (C=O) groups is 3. The second kappa shape index (κ2) is 12.5. The number of hydrogen-bond donors (Lipinski definition) is 1. The molecule has 2 aliphatic heterocycles. The van der Waals surface area contributed by atoms with Gasteiger partial charge in [0.1, 0.15) is 5.82 Å². The first-order chi connectivity index (χ1) is 20.5. The molecule has 0 aromatic heterocycles. The van der Waals surface area contributed by atoms with Crippen LogP contribution in [0.25, 0.3) is 0 Å². The maximum Gasteiger partial charge on any atom is 0.416 e. The summed E-state index contributed by atoms with van der Waals surface area (Å²) in [5, 5.41) is 2.94. The first-order valence-corrected chi connectivity index (χ1v) is 13.8. The summed E-state index contributed by atoms with van der Waals surface area (Å²) in [5.41, 5.74) is -3.16. The Morgan fingerprint density at radius 1 is 0.841 bits per heavy atom. The van der Waals surface area contributed by atoms with Gasteiger partial charge in [0, 0.05) is 64.8 Å². The number of likely N-dealkylation sites (tertiary alicyclic amines) is 2. The number of rotatable bonds is 4. The molecule has 1 N–H and O–H groups in total. The molecule has 2 atom stereocenters. The molecule has 0 saturated carbocycles. The molecule has 2 aromatic carbocycles. The topological polar surface area (TPSA) is 76.2 Å². The van der Waals surface area contributed by atoms with Crippen molar-refractivity contribution in [1.82, 2.24) is 20.0 Å². The average Bonchev–Trinajstić information content (AvgIpc) is 3.41. The Bertz CT molecular complexity index is 1340. The van der Waals surface area contributed by atoms with E-state index < -0.39 is 59.0 Å². The Morgan fingerprint density at radius 3 is 1.89 bits per heavy atom. The third kappa shape index (κ3) is 7.36. The summed E-state index contributed by atoms with van der Waals surface area (Å²) in [5.74, 6) is -1.11. The van der Waals surface area contributed by atoms with Crippen LogP contribution < -0.4 is 10.2 Å². The van der Waals surface area contributed by atoms with Crippen molar-refractivity contribution < 1.29 is 45.1 Å². The van der Waals surface area contributed by atoms with E-state index in [1.165, 1.54) is 48.0 Å². The zero-order valence-electron chi connectivity index (χ0n) is 24.2. The minimum absolute atomic E-state index is 0.00730. The van der Waals surface area contributed by atoms with Crippen LogP contribution in [-0.2, 0) is 17.1 Å². The molecule has 0 spiro atoms. The van der Waals surface area contributed by atoms with Gasteiger partial charge in [-0.1, -0.05) is 12.1 Å². The van der Waals surface area contributed by atoms with Crippen molar-refractivity contribution in [2.24, 2.45) is 0 Å². The van der Waals surface area contributed by atoms with E-state index in [1.54, 1.807) is 4.90 Å². The highest BCUT2D eigenvalue weighted by atomic mass is 19.4. The second-order valence-electron chi connectivity index (χ2n) is 11.1. The van der Waals surface area contributed by atoms with Gasteiger partial charge in [0.25, 0.3) is 0 Å². The fourth-order valence-corrected chi connectivity index (χ4v) is 5.61. The van der Waals surface area contributed by atoms with Gasteiger partial charge < -0.3 is 20.0 Å². The highest BCUT2D eigenvalue weighted by molar-refractivity contribution is 5.92. The van der Waals surface area contributed by atoms with Crippen LogP contribution in [0.15, 0.2) is 42.5 Å². The van der Waals surface area contributed by atoms with Gasteiger partial charge in [0.15, 0.2) is 0 Å². The standard InChI is InChI=1S/C29H32F7N5O3/c1-17(42)40-10-8-22(9-11-40)37-26(43)41-15-24(18-4-6-21(30)7-5-18)25(16-41)39(3)27(44)38(2)23-13-19(28(31,32)33)12-20(14-23)29(34,35)36/h4-7,12-14,22,24-25H,8-11,15-16H2,1-3H3,(H,37,43). The number of benzene rings is 2. The van der Waals surface area contributed by atoms with E-state index in [2.05, 4.69) is 5.32 Å². The van der Waals surface area contributed by atoms with Crippen LogP contribution in [0.3, 0.4) is 0 Å². The Hall–Kier alpha value is -4.04. The zero-order valence-corrected chi connectivity index (χ0v) is 24.2. The fraction of sp³-hybridized carbons (Fsp3) is 0.483. The van der Waals surface area contributed by atoms with E-state index in [1.807, 2.05) is 0 Å². The van der Waals surface area contributed by atoms with Crippen molar-refractivity contribution in [3.05, 3.63) is 65.0 Å². The van der Waals surface area contributed by atoms with E-state index in [4.69, 9.17) is 0 Å². The highest BCUT2D eigenvalue weighted by Crippen LogP contribution is 2.39. The molecule has 5 amide bonds. The number of likely N-dealkylation sites (N-methyl/N-ethyl adjacent to an activating group) is 1. The fourth-order valence-electron chi connectivity index (χ4n) is 5.61. The molecular weight excluding hydrogens is 599 g/mol. The molecule has 2 aliphatic rings. The quantitative estimate of drug-likeness (QED) is 0.451. The molecule has 15 heteroatoms. The summed E-state index contributed by atoms with van der Waals surface area (Å²) in [6.45, 7) is 2.53. The molecule has 2 heterocycles. The Morgan fingerprint density at radius 2 is 1.39 bits per heavy atom. The molecule has 0 aliphatic carbocycles. The van der Waals surface area contributed by atoms with Gasteiger partial charge in [0.05, 0.1) is 17.2 Å². The molecule has 44 heavy (non-hydrogen) atoms. The summed E-state index contributed by atoms with van der Waals surface area (Å²) in [6.07, 6.45) is -9.10. The minimum atomic E-state index is -5.10. The van der Waals surface area contributed by atoms with Crippen LogP contribution in [0.2, 0.25) is 0 Å².